The highest BCUT2D eigenvalue weighted by molar-refractivity contribution is 6.30. The highest BCUT2D eigenvalue weighted by Gasteiger charge is 2.51. The van der Waals surface area contributed by atoms with Crippen LogP contribution in [-0.4, -0.2) is 11.9 Å². The number of carbonyl (C=O) groups excluding carboxylic acids is 2. The summed E-state index contributed by atoms with van der Waals surface area (Å²) in [5, 5.41) is 6.00. The largest absolute Gasteiger partial charge is 0.351 e. The molecule has 3 rings (SSSR count). The molecule has 0 radical (unpaired) electrons. The molecule has 0 spiro atoms. The number of urea groups is 1. The number of rotatable bonds is 4. The van der Waals surface area contributed by atoms with Gasteiger partial charge in [-0.05, 0) is 48.7 Å². The van der Waals surface area contributed by atoms with Gasteiger partial charge < -0.3 is 16.4 Å². The molecule has 0 aromatic heterocycles. The third-order valence-corrected chi connectivity index (χ3v) is 4.18. The molecule has 1 aliphatic rings. The van der Waals surface area contributed by atoms with Crippen LogP contribution in [0.25, 0.3) is 0 Å². The predicted octanol–water partition coefficient (Wildman–Crippen LogP) is 3.50. The van der Waals surface area contributed by atoms with E-state index in [1.807, 2.05) is 18.2 Å². The Kier molecular flexibility index (Phi) is 3.96. The Bertz CT molecular complexity index is 772. The lowest BCUT2D eigenvalue weighted by Gasteiger charge is -2.16. The lowest BCUT2D eigenvalue weighted by molar-refractivity contribution is -0.118. The molecule has 0 bridgehead atoms. The minimum atomic E-state index is -0.647. The number of nitrogens with one attached hydrogen (secondary N) is 2. The Balaban J connectivity index is 1.78. The predicted molar refractivity (Wildman–Crippen MR) is 90.6 cm³/mol. The maximum absolute atomic E-state index is 12.7. The van der Waals surface area contributed by atoms with E-state index in [1.165, 1.54) is 0 Å². The molecule has 1 fully saturated rings. The number of hydrogen-bond acceptors (Lipinski definition) is 2. The van der Waals surface area contributed by atoms with Crippen LogP contribution in [0.2, 0.25) is 5.02 Å². The molecule has 0 unspecified atom stereocenters. The molecule has 5 nitrogen and oxygen atoms in total. The van der Waals surface area contributed by atoms with Gasteiger partial charge in [0.25, 0.3) is 0 Å². The van der Waals surface area contributed by atoms with Crippen LogP contribution in [-0.2, 0) is 10.2 Å². The van der Waals surface area contributed by atoms with E-state index in [0.717, 1.165) is 18.4 Å². The van der Waals surface area contributed by atoms with Gasteiger partial charge in [0.15, 0.2) is 0 Å². The van der Waals surface area contributed by atoms with E-state index in [0.29, 0.717) is 16.4 Å². The topological polar surface area (TPSA) is 84.2 Å². The molecule has 1 aliphatic carbocycles. The Hall–Kier alpha value is -2.53. The zero-order chi connectivity index (χ0) is 16.4. The maximum atomic E-state index is 12.7. The van der Waals surface area contributed by atoms with Gasteiger partial charge in [-0.2, -0.15) is 0 Å². The van der Waals surface area contributed by atoms with Crippen LogP contribution < -0.4 is 16.4 Å². The standard InChI is InChI=1S/C17H16ClN3O2/c18-12-4-1-3-11(9-12)17(7-8-17)15(22)20-13-5-2-6-14(10-13)21-16(19)23/h1-6,9-10H,7-8H2,(H,20,22)(H3,19,21,23). The number of benzene rings is 2. The second kappa shape index (κ2) is 5.93. The zero-order valence-electron chi connectivity index (χ0n) is 12.3. The van der Waals surface area contributed by atoms with E-state index in [-0.39, 0.29) is 5.91 Å². The van der Waals surface area contributed by atoms with Crippen molar-refractivity contribution < 1.29 is 9.59 Å². The molecule has 0 atom stereocenters. The summed E-state index contributed by atoms with van der Waals surface area (Å²) >= 11 is 6.03. The first-order chi connectivity index (χ1) is 11.0. The van der Waals surface area contributed by atoms with Crippen LogP contribution in [0.5, 0.6) is 0 Å². The molecular formula is C17H16ClN3O2. The van der Waals surface area contributed by atoms with Crippen molar-refractivity contribution in [2.24, 2.45) is 5.73 Å². The second-order valence-electron chi connectivity index (χ2n) is 5.62. The first kappa shape index (κ1) is 15.4. The average Bonchev–Trinajstić information content (AvgIpc) is 3.28. The Morgan fingerprint density at radius 1 is 1.00 bits per heavy atom. The number of halogens is 1. The number of nitrogens with two attached hydrogens (primary N) is 1. The van der Waals surface area contributed by atoms with Crippen LogP contribution in [0.3, 0.4) is 0 Å². The Morgan fingerprint density at radius 3 is 2.26 bits per heavy atom. The molecule has 2 aromatic rings. The Morgan fingerprint density at radius 2 is 1.65 bits per heavy atom. The molecule has 1 saturated carbocycles. The number of hydrogen-bond donors (Lipinski definition) is 3. The summed E-state index contributed by atoms with van der Waals surface area (Å²) in [6.07, 6.45) is 1.58. The van der Waals surface area contributed by atoms with Gasteiger partial charge in [-0.15, -0.1) is 0 Å². The van der Waals surface area contributed by atoms with Gasteiger partial charge in [-0.25, -0.2) is 4.79 Å². The van der Waals surface area contributed by atoms with Gasteiger partial charge in [0.05, 0.1) is 5.41 Å². The molecule has 6 heteroatoms. The van der Waals surface area contributed by atoms with Crippen molar-refractivity contribution in [3.05, 3.63) is 59.1 Å². The van der Waals surface area contributed by atoms with Crippen molar-refractivity contribution in [3.63, 3.8) is 0 Å². The van der Waals surface area contributed by atoms with Crippen LogP contribution in [0.1, 0.15) is 18.4 Å². The number of anilines is 2. The summed E-state index contributed by atoms with van der Waals surface area (Å²) in [4.78, 5) is 23.6. The normalized spacial score (nSPS) is 14.8. The summed E-state index contributed by atoms with van der Waals surface area (Å²) in [6.45, 7) is 0. The van der Waals surface area contributed by atoms with Crippen molar-refractivity contribution in [2.45, 2.75) is 18.3 Å². The molecule has 0 aliphatic heterocycles. The van der Waals surface area contributed by atoms with Gasteiger partial charge in [0.2, 0.25) is 5.91 Å². The van der Waals surface area contributed by atoms with Crippen molar-refractivity contribution >= 4 is 34.9 Å². The molecule has 4 N–H and O–H groups in total. The minimum Gasteiger partial charge on any atom is -0.351 e. The van der Waals surface area contributed by atoms with Crippen LogP contribution in [0, 0.1) is 0 Å². The fourth-order valence-electron chi connectivity index (χ4n) is 2.63. The van der Waals surface area contributed by atoms with Gasteiger partial charge in [-0.3, -0.25) is 4.79 Å². The number of carbonyl (C=O) groups is 2. The summed E-state index contributed by atoms with van der Waals surface area (Å²) in [6, 6.07) is 13.6. The quantitative estimate of drug-likeness (QED) is 0.802. The fourth-order valence-corrected chi connectivity index (χ4v) is 2.82. The lowest BCUT2D eigenvalue weighted by Crippen LogP contribution is -2.28. The first-order valence-electron chi connectivity index (χ1n) is 7.24. The molecule has 2 aromatic carbocycles. The average molecular weight is 330 g/mol. The first-order valence-corrected chi connectivity index (χ1v) is 7.61. The summed E-state index contributed by atoms with van der Waals surface area (Å²) in [5.41, 5.74) is 6.64. The van der Waals surface area contributed by atoms with Gasteiger partial charge >= 0.3 is 6.03 Å². The monoisotopic (exact) mass is 329 g/mol. The fraction of sp³-hybridized carbons (Fsp3) is 0.176. The van der Waals surface area contributed by atoms with E-state index >= 15 is 0 Å². The van der Waals surface area contributed by atoms with Gasteiger partial charge in [-0.1, -0.05) is 29.8 Å². The third kappa shape index (κ3) is 3.29. The van der Waals surface area contributed by atoms with Gasteiger partial charge in [0.1, 0.15) is 0 Å². The highest BCUT2D eigenvalue weighted by Crippen LogP contribution is 2.49. The van der Waals surface area contributed by atoms with Crippen molar-refractivity contribution in [2.75, 3.05) is 10.6 Å². The highest BCUT2D eigenvalue weighted by atomic mass is 35.5. The molecular weight excluding hydrogens is 314 g/mol. The van der Waals surface area contributed by atoms with E-state index in [1.54, 1.807) is 30.3 Å². The molecule has 23 heavy (non-hydrogen) atoms. The zero-order valence-corrected chi connectivity index (χ0v) is 13.1. The van der Waals surface area contributed by atoms with E-state index in [2.05, 4.69) is 10.6 Å². The van der Waals surface area contributed by atoms with Crippen LogP contribution >= 0.6 is 11.6 Å². The minimum absolute atomic E-state index is 0.0732. The van der Waals surface area contributed by atoms with E-state index < -0.39 is 11.4 Å². The van der Waals surface area contributed by atoms with Crippen LogP contribution in [0.4, 0.5) is 16.2 Å². The van der Waals surface area contributed by atoms with Crippen molar-refractivity contribution in [3.8, 4) is 0 Å². The van der Waals surface area contributed by atoms with Crippen molar-refractivity contribution in [1.82, 2.24) is 0 Å². The summed E-state index contributed by atoms with van der Waals surface area (Å²) < 4.78 is 0. The third-order valence-electron chi connectivity index (χ3n) is 3.95. The summed E-state index contributed by atoms with van der Waals surface area (Å²) in [7, 11) is 0. The maximum Gasteiger partial charge on any atom is 0.316 e. The number of amides is 3. The summed E-state index contributed by atoms with van der Waals surface area (Å²) in [5.74, 6) is -0.0732. The van der Waals surface area contributed by atoms with E-state index in [4.69, 9.17) is 17.3 Å². The smallest absolute Gasteiger partial charge is 0.316 e. The molecule has 118 valence electrons. The SMILES string of the molecule is NC(=O)Nc1cccc(NC(=O)C2(c3cccc(Cl)c3)CC2)c1. The van der Waals surface area contributed by atoms with Crippen molar-refractivity contribution in [1.29, 1.82) is 0 Å². The van der Waals surface area contributed by atoms with Gasteiger partial charge in [0, 0.05) is 16.4 Å². The molecule has 3 amide bonds. The van der Waals surface area contributed by atoms with Crippen LogP contribution in [0.15, 0.2) is 48.5 Å². The Labute approximate surface area is 138 Å². The number of primary amides is 1. The second-order valence-corrected chi connectivity index (χ2v) is 6.05. The molecule has 0 heterocycles. The molecule has 0 saturated heterocycles. The lowest BCUT2D eigenvalue weighted by atomic mass is 9.95. The van der Waals surface area contributed by atoms with E-state index in [9.17, 15) is 9.59 Å².